The molecule has 0 spiro atoms. The summed E-state index contributed by atoms with van der Waals surface area (Å²) >= 11 is 0. The summed E-state index contributed by atoms with van der Waals surface area (Å²) in [5, 5.41) is 8.35. The van der Waals surface area contributed by atoms with Gasteiger partial charge in [-0.1, -0.05) is 30.8 Å². The molecule has 29 heavy (non-hydrogen) atoms. The van der Waals surface area contributed by atoms with Gasteiger partial charge >= 0.3 is 0 Å². The van der Waals surface area contributed by atoms with Crippen molar-refractivity contribution in [3.63, 3.8) is 0 Å². The average molecular weight is 386 g/mol. The third-order valence-electron chi connectivity index (χ3n) is 4.80. The molecule has 0 saturated carbocycles. The van der Waals surface area contributed by atoms with Gasteiger partial charge in [0.05, 0.1) is 17.6 Å². The van der Waals surface area contributed by atoms with E-state index in [0.29, 0.717) is 17.5 Å². The smallest absolute Gasteiger partial charge is 0.268 e. The normalized spacial score (nSPS) is 10.9. The molecule has 3 heterocycles. The molecule has 0 fully saturated rings. The number of hydrogen-bond acceptors (Lipinski definition) is 6. The van der Waals surface area contributed by atoms with E-state index in [1.807, 2.05) is 80.1 Å². The van der Waals surface area contributed by atoms with Crippen LogP contribution in [-0.2, 0) is 7.05 Å². The van der Waals surface area contributed by atoms with Gasteiger partial charge in [-0.2, -0.15) is 0 Å². The van der Waals surface area contributed by atoms with Crippen LogP contribution in [0.5, 0.6) is 0 Å². The van der Waals surface area contributed by atoms with Crippen LogP contribution in [0.3, 0.4) is 0 Å². The van der Waals surface area contributed by atoms with Gasteiger partial charge in [-0.15, -0.1) is 10.2 Å². The van der Waals surface area contributed by atoms with E-state index in [1.165, 1.54) is 0 Å². The van der Waals surface area contributed by atoms with Crippen LogP contribution in [0.15, 0.2) is 59.8 Å². The Kier molecular flexibility index (Phi) is 4.72. The minimum atomic E-state index is 0.352. The van der Waals surface area contributed by atoms with Crippen LogP contribution < -0.4 is 0 Å². The van der Waals surface area contributed by atoms with Crippen LogP contribution in [0.2, 0.25) is 0 Å². The number of aromatic nitrogens is 5. The molecule has 7 heteroatoms. The summed E-state index contributed by atoms with van der Waals surface area (Å²) in [7, 11) is 5.88. The van der Waals surface area contributed by atoms with E-state index in [4.69, 9.17) is 9.40 Å². The Hall–Kier alpha value is -3.74. The second kappa shape index (κ2) is 7.35. The molecule has 1 aromatic carbocycles. The maximum atomic E-state index is 5.88. The molecule has 146 valence electrons. The second-order valence-corrected chi connectivity index (χ2v) is 7.02. The first-order valence-electron chi connectivity index (χ1n) is 9.20. The molecule has 4 rings (SSSR count). The molecule has 0 aliphatic heterocycles. The molecule has 0 unspecified atom stereocenters. The van der Waals surface area contributed by atoms with Gasteiger partial charge in [0.1, 0.15) is 11.4 Å². The first-order chi connectivity index (χ1) is 13.9. The fraction of sp³-hybridized carbons (Fsp3) is 0.182. The molecule has 0 amide bonds. The molecule has 0 saturated heterocycles. The summed E-state index contributed by atoms with van der Waals surface area (Å²) in [5.41, 5.74) is 5.87. The van der Waals surface area contributed by atoms with Crippen molar-refractivity contribution >= 4 is 5.70 Å². The van der Waals surface area contributed by atoms with Gasteiger partial charge in [-0.3, -0.25) is 4.98 Å². The maximum absolute atomic E-state index is 5.88. The molecule has 0 N–H and O–H groups in total. The Labute approximate surface area is 169 Å². The number of nitrogens with zero attached hydrogens (tertiary/aromatic N) is 6. The molecule has 0 atom stereocenters. The topological polar surface area (TPSA) is 72.9 Å². The molecular formula is C22H22N6O. The van der Waals surface area contributed by atoms with Crippen LogP contribution in [0, 0.1) is 6.92 Å². The number of aryl methyl sites for hydroxylation is 2. The molecule has 3 aromatic heterocycles. The second-order valence-electron chi connectivity index (χ2n) is 7.02. The summed E-state index contributed by atoms with van der Waals surface area (Å²) in [4.78, 5) is 11.2. The van der Waals surface area contributed by atoms with Gasteiger partial charge in [-0.05, 0) is 24.6 Å². The fourth-order valence-electron chi connectivity index (χ4n) is 2.99. The number of hydrogen-bond donors (Lipinski definition) is 0. The van der Waals surface area contributed by atoms with Crippen molar-refractivity contribution in [2.75, 3.05) is 14.1 Å². The average Bonchev–Trinajstić information content (AvgIpc) is 3.36. The first-order valence-corrected chi connectivity index (χ1v) is 9.20. The molecule has 0 bridgehead atoms. The zero-order chi connectivity index (χ0) is 20.5. The van der Waals surface area contributed by atoms with Crippen molar-refractivity contribution in [3.05, 3.63) is 66.6 Å². The van der Waals surface area contributed by atoms with E-state index in [9.17, 15) is 0 Å². The van der Waals surface area contributed by atoms with Crippen LogP contribution in [-0.4, -0.2) is 43.7 Å². The predicted molar refractivity (Wildman–Crippen MR) is 113 cm³/mol. The van der Waals surface area contributed by atoms with Crippen molar-refractivity contribution in [1.82, 2.24) is 29.6 Å². The summed E-state index contributed by atoms with van der Waals surface area (Å²) in [6.45, 7) is 5.97. The Balaban J connectivity index is 1.68. The SMILES string of the molecule is C=C(c1ccc(-c2cnc(C)c(-c3nnc(-c4cccn4C)o3)n2)cc1)N(C)C. The maximum Gasteiger partial charge on any atom is 0.268 e. The Bertz CT molecular complexity index is 1170. The van der Waals surface area contributed by atoms with Crippen LogP contribution >= 0.6 is 0 Å². The van der Waals surface area contributed by atoms with E-state index in [-0.39, 0.29) is 0 Å². The quantitative estimate of drug-likeness (QED) is 0.515. The van der Waals surface area contributed by atoms with Crippen molar-refractivity contribution in [1.29, 1.82) is 0 Å². The highest BCUT2D eigenvalue weighted by Crippen LogP contribution is 2.27. The minimum absolute atomic E-state index is 0.352. The lowest BCUT2D eigenvalue weighted by Crippen LogP contribution is -2.08. The van der Waals surface area contributed by atoms with Gasteiger partial charge in [0.25, 0.3) is 11.8 Å². The van der Waals surface area contributed by atoms with Crippen LogP contribution in [0.25, 0.3) is 40.1 Å². The lowest BCUT2D eigenvalue weighted by atomic mass is 10.1. The lowest BCUT2D eigenvalue weighted by molar-refractivity contribution is 0.575. The molecule has 0 aliphatic carbocycles. The molecule has 0 radical (unpaired) electrons. The Morgan fingerprint density at radius 2 is 1.79 bits per heavy atom. The fourth-order valence-corrected chi connectivity index (χ4v) is 2.99. The summed E-state index contributed by atoms with van der Waals surface area (Å²) < 4.78 is 7.81. The highest BCUT2D eigenvalue weighted by atomic mass is 16.4. The van der Waals surface area contributed by atoms with Crippen molar-refractivity contribution < 1.29 is 4.42 Å². The monoisotopic (exact) mass is 386 g/mol. The van der Waals surface area contributed by atoms with E-state index in [1.54, 1.807) is 6.20 Å². The number of benzene rings is 1. The third-order valence-corrected chi connectivity index (χ3v) is 4.80. The zero-order valence-electron chi connectivity index (χ0n) is 16.9. The van der Waals surface area contributed by atoms with E-state index in [0.717, 1.165) is 33.9 Å². The van der Waals surface area contributed by atoms with E-state index in [2.05, 4.69) is 21.8 Å². The molecular weight excluding hydrogens is 364 g/mol. The number of rotatable bonds is 5. The van der Waals surface area contributed by atoms with Crippen molar-refractivity contribution in [3.8, 4) is 34.4 Å². The first kappa shape index (κ1) is 18.6. The lowest BCUT2D eigenvalue weighted by Gasteiger charge is -2.16. The molecule has 4 aromatic rings. The Morgan fingerprint density at radius 1 is 1.07 bits per heavy atom. The predicted octanol–water partition coefficient (Wildman–Crippen LogP) is 4.04. The highest BCUT2D eigenvalue weighted by molar-refractivity contribution is 5.68. The van der Waals surface area contributed by atoms with Gasteiger partial charge < -0.3 is 13.9 Å². The highest BCUT2D eigenvalue weighted by Gasteiger charge is 2.17. The van der Waals surface area contributed by atoms with Gasteiger partial charge in [0, 0.05) is 38.6 Å². The molecule has 0 aliphatic rings. The van der Waals surface area contributed by atoms with Crippen LogP contribution in [0.4, 0.5) is 0 Å². The van der Waals surface area contributed by atoms with Gasteiger partial charge in [0.2, 0.25) is 0 Å². The van der Waals surface area contributed by atoms with Crippen LogP contribution in [0.1, 0.15) is 11.3 Å². The summed E-state index contributed by atoms with van der Waals surface area (Å²) in [6, 6.07) is 11.9. The van der Waals surface area contributed by atoms with E-state index < -0.39 is 0 Å². The largest absolute Gasteiger partial charge is 0.413 e. The molecule has 7 nitrogen and oxygen atoms in total. The van der Waals surface area contributed by atoms with E-state index >= 15 is 0 Å². The summed E-state index contributed by atoms with van der Waals surface area (Å²) in [5.74, 6) is 0.802. The van der Waals surface area contributed by atoms with Gasteiger partial charge in [-0.25, -0.2) is 4.98 Å². The Morgan fingerprint density at radius 3 is 2.45 bits per heavy atom. The minimum Gasteiger partial charge on any atom is -0.413 e. The zero-order valence-corrected chi connectivity index (χ0v) is 16.9. The standard InChI is InChI=1S/C22H22N6O/c1-14-20(22-26-25-21(29-22)19-7-6-12-28(19)5)24-18(13-23-14)17-10-8-16(9-11-17)15(2)27(3)4/h6-13H,2H2,1,3-5H3. The summed E-state index contributed by atoms with van der Waals surface area (Å²) in [6.07, 6.45) is 3.68. The van der Waals surface area contributed by atoms with Crippen molar-refractivity contribution in [2.45, 2.75) is 6.92 Å². The van der Waals surface area contributed by atoms with Gasteiger partial charge in [0.15, 0.2) is 0 Å². The third kappa shape index (κ3) is 3.54. The van der Waals surface area contributed by atoms with Crippen molar-refractivity contribution in [2.24, 2.45) is 7.05 Å².